The zero-order valence-electron chi connectivity index (χ0n) is 16.8. The van der Waals surface area contributed by atoms with E-state index in [0.29, 0.717) is 24.9 Å². The van der Waals surface area contributed by atoms with Crippen LogP contribution >= 0.6 is 0 Å². The van der Waals surface area contributed by atoms with E-state index in [9.17, 15) is 19.8 Å². The van der Waals surface area contributed by atoms with Gasteiger partial charge >= 0.3 is 0 Å². The van der Waals surface area contributed by atoms with Crippen LogP contribution in [0.5, 0.6) is 0 Å². The minimum absolute atomic E-state index is 0.0653. The number of hydrogen-bond acceptors (Lipinski definition) is 5. The van der Waals surface area contributed by atoms with Crippen LogP contribution in [0.25, 0.3) is 0 Å². The van der Waals surface area contributed by atoms with E-state index in [0.717, 1.165) is 19.1 Å². The maximum Gasteiger partial charge on any atom is 0.293 e. The Kier molecular flexibility index (Phi) is 4.82. The number of allylic oxidation sites excluding steroid dienone is 1. The summed E-state index contributed by atoms with van der Waals surface area (Å²) < 4.78 is 5.59. The fourth-order valence-corrected chi connectivity index (χ4v) is 6.65. The molecule has 0 radical (unpaired) electrons. The van der Waals surface area contributed by atoms with Crippen molar-refractivity contribution in [1.29, 1.82) is 0 Å². The summed E-state index contributed by atoms with van der Waals surface area (Å²) >= 11 is 0. The van der Waals surface area contributed by atoms with Gasteiger partial charge in [0, 0.05) is 28.2 Å². The molecule has 0 spiro atoms. The topological polar surface area (TPSA) is 83.8 Å². The molecule has 2 bridgehead atoms. The molecular formula is C22H32O5. The Balaban J connectivity index is 2.27. The second kappa shape index (κ2) is 6.47. The molecule has 27 heavy (non-hydrogen) atoms. The molecule has 3 aliphatic rings. The van der Waals surface area contributed by atoms with E-state index in [2.05, 4.69) is 13.5 Å². The second-order valence-corrected chi connectivity index (χ2v) is 9.54. The summed E-state index contributed by atoms with van der Waals surface area (Å²) in [4.78, 5) is 24.6. The van der Waals surface area contributed by atoms with E-state index in [1.807, 2.05) is 20.8 Å². The maximum atomic E-state index is 13.3. The van der Waals surface area contributed by atoms with Gasteiger partial charge in [0.05, 0.1) is 12.4 Å². The standard InChI is InChI=1S/C22H32O5/c1-6-20(4)10-16(25)21(5)13(2)7-8-22(14(3)19(20)27-12-24)9-15(11-23)17(26)18(21)22/h6,11-14,16,18-19,23,25H,1,7-10H2,2-5H3/b15-11+/t13-,14+,16-,18+,19+,20-,21+,22+/m1/s1. The van der Waals surface area contributed by atoms with E-state index in [-0.39, 0.29) is 17.6 Å². The SMILES string of the molecule is C=C[C@]1(C)C[C@@H](O)[C@]2(C)[C@H](C)CC[C@]3(C/C(=C\O)C(=O)[C@H]32)[C@@H](C)[C@@H]1OC=O. The average molecular weight is 376 g/mol. The molecule has 0 aliphatic heterocycles. The van der Waals surface area contributed by atoms with Gasteiger partial charge in [-0.25, -0.2) is 0 Å². The molecule has 0 aromatic carbocycles. The van der Waals surface area contributed by atoms with Crippen molar-refractivity contribution in [2.45, 2.75) is 65.6 Å². The number of Topliss-reactive ketones (excluding diaryl/α,β-unsaturated/α-hetero) is 1. The van der Waals surface area contributed by atoms with Crippen LogP contribution in [-0.4, -0.2) is 34.7 Å². The largest absolute Gasteiger partial charge is 0.515 e. The summed E-state index contributed by atoms with van der Waals surface area (Å²) in [5, 5.41) is 21.1. The lowest BCUT2D eigenvalue weighted by molar-refractivity contribution is -0.198. The van der Waals surface area contributed by atoms with Gasteiger partial charge in [-0.3, -0.25) is 9.59 Å². The molecule has 3 fully saturated rings. The van der Waals surface area contributed by atoms with Crippen LogP contribution in [0.4, 0.5) is 0 Å². The molecule has 150 valence electrons. The molecule has 5 heteroatoms. The van der Waals surface area contributed by atoms with Crippen LogP contribution in [0, 0.1) is 34.0 Å². The Labute approximate surface area is 161 Å². The fraction of sp³-hybridized carbons (Fsp3) is 0.727. The van der Waals surface area contributed by atoms with E-state index < -0.39 is 34.4 Å². The van der Waals surface area contributed by atoms with E-state index in [1.54, 1.807) is 6.08 Å². The third-order valence-electron chi connectivity index (χ3n) is 8.59. The van der Waals surface area contributed by atoms with Gasteiger partial charge in [-0.15, -0.1) is 6.58 Å². The maximum absolute atomic E-state index is 13.3. The predicted molar refractivity (Wildman–Crippen MR) is 102 cm³/mol. The number of aliphatic hydroxyl groups excluding tert-OH is 2. The van der Waals surface area contributed by atoms with Gasteiger partial charge in [-0.2, -0.15) is 0 Å². The lowest BCUT2D eigenvalue weighted by atomic mass is 9.44. The van der Waals surface area contributed by atoms with E-state index >= 15 is 0 Å². The van der Waals surface area contributed by atoms with E-state index in [1.165, 1.54) is 0 Å². The molecule has 0 aromatic rings. The highest BCUT2D eigenvalue weighted by Gasteiger charge is 2.69. The first kappa shape index (κ1) is 20.1. The number of hydrogen-bond donors (Lipinski definition) is 2. The molecule has 3 rings (SSSR count). The Morgan fingerprint density at radius 3 is 2.52 bits per heavy atom. The summed E-state index contributed by atoms with van der Waals surface area (Å²) in [5.74, 6) is -0.414. The normalized spacial score (nSPS) is 51.2. The molecule has 0 unspecified atom stereocenters. The van der Waals surface area contributed by atoms with Crippen LogP contribution in [0.15, 0.2) is 24.5 Å². The summed E-state index contributed by atoms with van der Waals surface area (Å²) in [7, 11) is 0. The van der Waals surface area contributed by atoms with Gasteiger partial charge in [0.25, 0.3) is 6.47 Å². The minimum atomic E-state index is -0.743. The number of carbonyl (C=O) groups excluding carboxylic acids is 2. The van der Waals surface area contributed by atoms with Gasteiger partial charge in [-0.1, -0.05) is 33.8 Å². The highest BCUT2D eigenvalue weighted by atomic mass is 16.5. The molecule has 0 heterocycles. The van der Waals surface area contributed by atoms with Crippen molar-refractivity contribution in [2.75, 3.05) is 0 Å². The number of ketones is 1. The lowest BCUT2D eigenvalue weighted by Crippen LogP contribution is -2.62. The van der Waals surface area contributed by atoms with Gasteiger partial charge in [-0.05, 0) is 37.0 Å². The smallest absolute Gasteiger partial charge is 0.293 e. The van der Waals surface area contributed by atoms with Crippen LogP contribution in [-0.2, 0) is 14.3 Å². The molecule has 3 saturated carbocycles. The predicted octanol–water partition coefficient (Wildman–Crippen LogP) is 3.57. The quantitative estimate of drug-likeness (QED) is 0.340. The molecule has 8 atom stereocenters. The average Bonchev–Trinajstić information content (AvgIpc) is 2.95. The Bertz CT molecular complexity index is 684. The third kappa shape index (κ3) is 2.47. The summed E-state index contributed by atoms with van der Waals surface area (Å²) in [5.41, 5.74) is -1.24. The van der Waals surface area contributed by atoms with Gasteiger partial charge < -0.3 is 14.9 Å². The number of ether oxygens (including phenoxy) is 1. The Hall–Kier alpha value is -1.62. The zero-order chi connectivity index (χ0) is 20.2. The van der Waals surface area contributed by atoms with Crippen LogP contribution in [0.3, 0.4) is 0 Å². The Morgan fingerprint density at radius 2 is 1.96 bits per heavy atom. The molecule has 0 saturated heterocycles. The molecular weight excluding hydrogens is 344 g/mol. The van der Waals surface area contributed by atoms with Crippen molar-refractivity contribution in [2.24, 2.45) is 34.0 Å². The van der Waals surface area contributed by atoms with Crippen LogP contribution in [0.1, 0.15) is 53.4 Å². The monoisotopic (exact) mass is 376 g/mol. The summed E-state index contributed by atoms with van der Waals surface area (Å²) in [6, 6.07) is 0. The lowest BCUT2D eigenvalue weighted by Gasteiger charge is -2.61. The van der Waals surface area contributed by atoms with Gasteiger partial charge in [0.1, 0.15) is 6.10 Å². The fourth-order valence-electron chi connectivity index (χ4n) is 6.65. The number of rotatable bonds is 3. The Morgan fingerprint density at radius 1 is 1.30 bits per heavy atom. The number of carbonyl (C=O) groups is 2. The first-order chi connectivity index (χ1) is 12.6. The summed E-state index contributed by atoms with van der Waals surface area (Å²) in [6.07, 6.45) is 4.00. The third-order valence-corrected chi connectivity index (χ3v) is 8.59. The first-order valence-electron chi connectivity index (χ1n) is 9.90. The van der Waals surface area contributed by atoms with Crippen LogP contribution < -0.4 is 0 Å². The van der Waals surface area contributed by atoms with Crippen molar-refractivity contribution in [3.63, 3.8) is 0 Å². The minimum Gasteiger partial charge on any atom is -0.515 e. The second-order valence-electron chi connectivity index (χ2n) is 9.54. The summed E-state index contributed by atoms with van der Waals surface area (Å²) in [6.45, 7) is 12.6. The highest BCUT2D eigenvalue weighted by Crippen LogP contribution is 2.68. The van der Waals surface area contributed by atoms with Crippen molar-refractivity contribution in [1.82, 2.24) is 0 Å². The molecule has 3 aliphatic carbocycles. The highest BCUT2D eigenvalue weighted by molar-refractivity contribution is 6.01. The zero-order valence-corrected chi connectivity index (χ0v) is 16.8. The molecule has 5 nitrogen and oxygen atoms in total. The molecule has 0 aromatic heterocycles. The van der Waals surface area contributed by atoms with Crippen molar-refractivity contribution >= 4 is 12.3 Å². The van der Waals surface area contributed by atoms with Crippen molar-refractivity contribution in [3.05, 3.63) is 24.5 Å². The van der Waals surface area contributed by atoms with Crippen molar-refractivity contribution < 1.29 is 24.5 Å². The number of aliphatic hydroxyl groups is 2. The van der Waals surface area contributed by atoms with Gasteiger partial charge in [0.15, 0.2) is 5.78 Å². The molecule has 0 amide bonds. The molecule has 2 N–H and O–H groups in total. The van der Waals surface area contributed by atoms with Gasteiger partial charge in [0.2, 0.25) is 0 Å². The van der Waals surface area contributed by atoms with Crippen molar-refractivity contribution in [3.8, 4) is 0 Å². The van der Waals surface area contributed by atoms with E-state index in [4.69, 9.17) is 4.74 Å². The van der Waals surface area contributed by atoms with Crippen LogP contribution in [0.2, 0.25) is 0 Å². The first-order valence-corrected chi connectivity index (χ1v) is 9.90.